The topological polar surface area (TPSA) is 101 Å². The molecule has 182 valence electrons. The maximum atomic E-state index is 13.4. The van der Waals surface area contributed by atoms with Gasteiger partial charge in [-0.2, -0.15) is 4.31 Å². The Bertz CT molecular complexity index is 1170. The van der Waals surface area contributed by atoms with Crippen LogP contribution in [0.3, 0.4) is 0 Å². The molecule has 0 radical (unpaired) electrons. The van der Waals surface area contributed by atoms with Crippen LogP contribution in [0.2, 0.25) is 0 Å². The summed E-state index contributed by atoms with van der Waals surface area (Å²) in [4.78, 5) is 27.1. The number of carbonyl (C=O) groups is 2. The first kappa shape index (κ1) is 24.4. The molecule has 2 amide bonds. The highest BCUT2D eigenvalue weighted by atomic mass is 32.2. The Morgan fingerprint density at radius 1 is 0.971 bits per heavy atom. The number of primary amides is 1. The van der Waals surface area contributed by atoms with Crippen molar-refractivity contribution in [2.24, 2.45) is 11.7 Å². The van der Waals surface area contributed by atoms with Crippen LogP contribution in [0.1, 0.15) is 58.3 Å². The van der Waals surface area contributed by atoms with Crippen molar-refractivity contribution in [3.63, 3.8) is 0 Å². The predicted molar refractivity (Wildman–Crippen MR) is 131 cm³/mol. The van der Waals surface area contributed by atoms with Gasteiger partial charge in [0.25, 0.3) is 0 Å². The van der Waals surface area contributed by atoms with Crippen LogP contribution in [0.5, 0.6) is 0 Å². The van der Waals surface area contributed by atoms with Crippen LogP contribution < -0.4 is 5.73 Å². The number of benzene rings is 2. The monoisotopic (exact) mass is 483 g/mol. The van der Waals surface area contributed by atoms with Gasteiger partial charge in [-0.15, -0.1) is 0 Å². The van der Waals surface area contributed by atoms with Crippen molar-refractivity contribution in [2.75, 3.05) is 13.1 Å². The molecule has 0 spiro atoms. The van der Waals surface area contributed by atoms with Gasteiger partial charge in [-0.05, 0) is 75.3 Å². The zero-order valence-corrected chi connectivity index (χ0v) is 20.9. The molecule has 1 saturated heterocycles. The number of nitrogens with two attached hydrogens (primary N) is 1. The molecular formula is C26H33N3O4S. The van der Waals surface area contributed by atoms with Gasteiger partial charge >= 0.3 is 0 Å². The number of sulfonamides is 1. The highest BCUT2D eigenvalue weighted by molar-refractivity contribution is 7.89. The lowest BCUT2D eigenvalue weighted by molar-refractivity contribution is -0.138. The van der Waals surface area contributed by atoms with E-state index >= 15 is 0 Å². The first-order chi connectivity index (χ1) is 16.1. The van der Waals surface area contributed by atoms with E-state index in [1.54, 1.807) is 12.1 Å². The Morgan fingerprint density at radius 2 is 1.53 bits per heavy atom. The highest BCUT2D eigenvalue weighted by Crippen LogP contribution is 2.33. The van der Waals surface area contributed by atoms with E-state index in [0.29, 0.717) is 42.9 Å². The van der Waals surface area contributed by atoms with Gasteiger partial charge in [-0.3, -0.25) is 9.59 Å². The maximum Gasteiger partial charge on any atom is 0.248 e. The van der Waals surface area contributed by atoms with Crippen molar-refractivity contribution in [2.45, 2.75) is 63.9 Å². The van der Waals surface area contributed by atoms with E-state index in [1.165, 1.54) is 4.31 Å². The minimum Gasteiger partial charge on any atom is -0.366 e. The molecule has 1 aliphatic carbocycles. The van der Waals surface area contributed by atoms with E-state index in [9.17, 15) is 18.0 Å². The largest absolute Gasteiger partial charge is 0.366 e. The lowest BCUT2D eigenvalue weighted by Crippen LogP contribution is -2.45. The van der Waals surface area contributed by atoms with E-state index in [1.807, 2.05) is 49.9 Å². The van der Waals surface area contributed by atoms with Crippen LogP contribution >= 0.6 is 0 Å². The molecular weight excluding hydrogens is 450 g/mol. The average molecular weight is 484 g/mol. The van der Waals surface area contributed by atoms with Gasteiger partial charge in [0.1, 0.15) is 0 Å². The van der Waals surface area contributed by atoms with E-state index in [2.05, 4.69) is 0 Å². The number of carbonyl (C=O) groups excluding carboxylic acids is 2. The molecule has 0 aromatic heterocycles. The molecule has 1 saturated carbocycles. The number of aryl methyl sites for hydroxylation is 3. The van der Waals surface area contributed by atoms with Crippen molar-refractivity contribution in [1.82, 2.24) is 9.21 Å². The molecule has 1 aliphatic heterocycles. The van der Waals surface area contributed by atoms with Gasteiger partial charge in [0.05, 0.1) is 4.90 Å². The van der Waals surface area contributed by atoms with Crippen LogP contribution in [-0.4, -0.2) is 48.6 Å². The maximum absolute atomic E-state index is 13.4. The van der Waals surface area contributed by atoms with E-state index in [4.69, 9.17) is 5.73 Å². The molecule has 34 heavy (non-hydrogen) atoms. The molecule has 0 atom stereocenters. The number of hydrogen-bond donors (Lipinski definition) is 1. The average Bonchev–Trinajstić information content (AvgIpc) is 3.62. The minimum atomic E-state index is -3.60. The summed E-state index contributed by atoms with van der Waals surface area (Å²) in [5.41, 5.74) is 9.29. The molecule has 2 aromatic carbocycles. The zero-order valence-electron chi connectivity index (χ0n) is 20.1. The fourth-order valence-corrected chi connectivity index (χ4v) is 6.91. The van der Waals surface area contributed by atoms with E-state index in [-0.39, 0.29) is 17.9 Å². The van der Waals surface area contributed by atoms with Crippen molar-refractivity contribution in [1.29, 1.82) is 0 Å². The summed E-state index contributed by atoms with van der Waals surface area (Å²) in [6.45, 7) is 6.82. The molecule has 2 fully saturated rings. The Hall–Kier alpha value is -2.71. The molecule has 0 bridgehead atoms. The van der Waals surface area contributed by atoms with Crippen LogP contribution in [0.25, 0.3) is 0 Å². The van der Waals surface area contributed by atoms with Crippen LogP contribution in [-0.2, 0) is 21.4 Å². The Labute approximate surface area is 202 Å². The molecule has 2 aromatic rings. The molecule has 8 heteroatoms. The first-order valence-corrected chi connectivity index (χ1v) is 13.3. The molecule has 2 N–H and O–H groups in total. The quantitative estimate of drug-likeness (QED) is 0.653. The SMILES string of the molecule is Cc1cc(C)c(S(=O)(=O)N2CCC(C(=O)N(Cc3ccc(C(N)=O)cc3)C3CC3)CC2)c(C)c1. The first-order valence-electron chi connectivity index (χ1n) is 11.8. The second kappa shape index (κ2) is 9.50. The molecule has 1 heterocycles. The zero-order chi connectivity index (χ0) is 24.6. The normalized spacial score (nSPS) is 17.5. The van der Waals surface area contributed by atoms with Gasteiger partial charge < -0.3 is 10.6 Å². The Kier molecular flexibility index (Phi) is 6.82. The lowest BCUT2D eigenvalue weighted by Gasteiger charge is -2.34. The second-order valence-corrected chi connectivity index (χ2v) is 11.5. The molecule has 2 aliphatic rings. The number of nitrogens with zero attached hydrogens (tertiary/aromatic N) is 2. The Morgan fingerprint density at radius 3 is 2.03 bits per heavy atom. The van der Waals surface area contributed by atoms with Crippen molar-refractivity contribution >= 4 is 21.8 Å². The molecule has 0 unspecified atom stereocenters. The third kappa shape index (κ3) is 5.03. The lowest BCUT2D eigenvalue weighted by atomic mass is 9.96. The van der Waals surface area contributed by atoms with Crippen molar-refractivity contribution in [3.05, 3.63) is 64.2 Å². The van der Waals surface area contributed by atoms with Gasteiger partial charge in [0, 0.05) is 37.2 Å². The van der Waals surface area contributed by atoms with Crippen LogP contribution in [0.4, 0.5) is 0 Å². The van der Waals surface area contributed by atoms with Gasteiger partial charge in [-0.25, -0.2) is 8.42 Å². The smallest absolute Gasteiger partial charge is 0.248 e. The summed E-state index contributed by atoms with van der Waals surface area (Å²) in [5.74, 6) is -0.558. The summed E-state index contributed by atoms with van der Waals surface area (Å²) in [6.07, 6.45) is 3.02. The highest BCUT2D eigenvalue weighted by Gasteiger charge is 2.39. The van der Waals surface area contributed by atoms with Crippen molar-refractivity contribution in [3.8, 4) is 0 Å². The fourth-order valence-electron chi connectivity index (χ4n) is 5.02. The number of hydrogen-bond acceptors (Lipinski definition) is 4. The number of piperidine rings is 1. The van der Waals surface area contributed by atoms with Crippen LogP contribution in [0, 0.1) is 26.7 Å². The van der Waals surface area contributed by atoms with Gasteiger partial charge in [0.2, 0.25) is 21.8 Å². The van der Waals surface area contributed by atoms with E-state index in [0.717, 1.165) is 35.1 Å². The Balaban J connectivity index is 1.43. The predicted octanol–water partition coefficient (Wildman–Crippen LogP) is 3.30. The standard InChI is InChI=1S/C26H33N3O4S/c1-17-14-18(2)24(19(3)15-17)34(32,33)28-12-10-22(11-13-28)26(31)29(23-8-9-23)16-20-4-6-21(7-5-20)25(27)30/h4-7,14-15,22-23H,8-13,16H2,1-3H3,(H2,27,30). The summed E-state index contributed by atoms with van der Waals surface area (Å²) in [5, 5.41) is 0. The number of rotatable bonds is 7. The van der Waals surface area contributed by atoms with Gasteiger partial charge in [-0.1, -0.05) is 29.8 Å². The molecule has 7 nitrogen and oxygen atoms in total. The summed E-state index contributed by atoms with van der Waals surface area (Å²) < 4.78 is 28.3. The summed E-state index contributed by atoms with van der Waals surface area (Å²) >= 11 is 0. The third-order valence-electron chi connectivity index (χ3n) is 6.87. The van der Waals surface area contributed by atoms with Crippen LogP contribution in [0.15, 0.2) is 41.3 Å². The van der Waals surface area contributed by atoms with E-state index < -0.39 is 15.9 Å². The third-order valence-corrected chi connectivity index (χ3v) is 9.07. The second-order valence-electron chi connectivity index (χ2n) is 9.66. The van der Waals surface area contributed by atoms with Gasteiger partial charge in [0.15, 0.2) is 0 Å². The minimum absolute atomic E-state index is 0.0984. The molecule has 4 rings (SSSR count). The summed E-state index contributed by atoms with van der Waals surface area (Å²) in [7, 11) is -3.60. The van der Waals surface area contributed by atoms with Crippen molar-refractivity contribution < 1.29 is 18.0 Å². The fraction of sp³-hybridized carbons (Fsp3) is 0.462. The number of amides is 2. The summed E-state index contributed by atoms with van der Waals surface area (Å²) in [6, 6.07) is 11.1.